The minimum absolute atomic E-state index is 0.156. The number of nitrogens with zero attached hydrogens (tertiary/aromatic N) is 1. The highest BCUT2D eigenvalue weighted by Crippen LogP contribution is 2.21. The molecule has 1 heterocycles. The Morgan fingerprint density at radius 2 is 2.06 bits per heavy atom. The molecule has 102 valence electrons. The number of rotatable bonds is 7. The Labute approximate surface area is 111 Å². The number of hydrogen-bond acceptors (Lipinski definition) is 3. The first kappa shape index (κ1) is 15.0. The van der Waals surface area contributed by atoms with Crippen LogP contribution in [0, 0.1) is 6.92 Å². The highest BCUT2D eigenvalue weighted by molar-refractivity contribution is 5.30. The van der Waals surface area contributed by atoms with Crippen LogP contribution in [0.3, 0.4) is 0 Å². The zero-order valence-corrected chi connectivity index (χ0v) is 12.1. The SMILES string of the molecule is CCCC(C)Oc1ccc(C)nc1CC(N)CC. The van der Waals surface area contributed by atoms with E-state index in [1.165, 1.54) is 0 Å². The van der Waals surface area contributed by atoms with Gasteiger partial charge in [-0.25, -0.2) is 0 Å². The van der Waals surface area contributed by atoms with E-state index >= 15 is 0 Å². The van der Waals surface area contributed by atoms with Crippen LogP contribution in [0.4, 0.5) is 0 Å². The summed E-state index contributed by atoms with van der Waals surface area (Å²) in [6, 6.07) is 4.17. The Morgan fingerprint density at radius 1 is 1.33 bits per heavy atom. The lowest BCUT2D eigenvalue weighted by Gasteiger charge is -2.18. The van der Waals surface area contributed by atoms with Crippen molar-refractivity contribution in [2.45, 2.75) is 65.5 Å². The van der Waals surface area contributed by atoms with Gasteiger partial charge in [0.1, 0.15) is 5.75 Å². The topological polar surface area (TPSA) is 48.1 Å². The van der Waals surface area contributed by atoms with Crippen molar-refractivity contribution in [2.24, 2.45) is 5.73 Å². The molecule has 0 aliphatic carbocycles. The second-order valence-corrected chi connectivity index (χ2v) is 4.99. The van der Waals surface area contributed by atoms with Gasteiger partial charge in [0, 0.05) is 18.2 Å². The predicted molar refractivity (Wildman–Crippen MR) is 75.9 cm³/mol. The van der Waals surface area contributed by atoms with Crippen molar-refractivity contribution in [3.05, 3.63) is 23.5 Å². The minimum Gasteiger partial charge on any atom is -0.489 e. The van der Waals surface area contributed by atoms with Gasteiger partial charge in [-0.15, -0.1) is 0 Å². The van der Waals surface area contributed by atoms with Crippen molar-refractivity contribution in [1.29, 1.82) is 0 Å². The molecule has 0 saturated heterocycles. The summed E-state index contributed by atoms with van der Waals surface area (Å²) in [6.45, 7) is 8.37. The monoisotopic (exact) mass is 250 g/mol. The van der Waals surface area contributed by atoms with Crippen molar-refractivity contribution in [1.82, 2.24) is 4.98 Å². The third-order valence-corrected chi connectivity index (χ3v) is 3.07. The lowest BCUT2D eigenvalue weighted by atomic mass is 10.1. The van der Waals surface area contributed by atoms with Crippen LogP contribution in [0.1, 0.15) is 51.4 Å². The van der Waals surface area contributed by atoms with Crippen LogP contribution < -0.4 is 10.5 Å². The summed E-state index contributed by atoms with van der Waals surface area (Å²) in [5.41, 5.74) is 8.03. The standard InChI is InChI=1S/C15H26N2O/c1-5-7-12(4)18-15-9-8-11(3)17-14(15)10-13(16)6-2/h8-9,12-13H,5-7,10,16H2,1-4H3. The molecule has 0 saturated carbocycles. The molecule has 0 fully saturated rings. The highest BCUT2D eigenvalue weighted by atomic mass is 16.5. The molecule has 0 spiro atoms. The average Bonchev–Trinajstić information content (AvgIpc) is 2.33. The molecule has 2 atom stereocenters. The van der Waals surface area contributed by atoms with Gasteiger partial charge in [0.2, 0.25) is 0 Å². The summed E-state index contributed by atoms with van der Waals surface area (Å²) in [4.78, 5) is 4.57. The van der Waals surface area contributed by atoms with E-state index in [9.17, 15) is 0 Å². The van der Waals surface area contributed by atoms with Crippen molar-refractivity contribution >= 4 is 0 Å². The van der Waals surface area contributed by atoms with Gasteiger partial charge in [-0.3, -0.25) is 4.98 Å². The van der Waals surface area contributed by atoms with Gasteiger partial charge in [-0.2, -0.15) is 0 Å². The van der Waals surface area contributed by atoms with E-state index in [0.717, 1.165) is 42.8 Å². The summed E-state index contributed by atoms with van der Waals surface area (Å²) >= 11 is 0. The highest BCUT2D eigenvalue weighted by Gasteiger charge is 2.12. The van der Waals surface area contributed by atoms with Crippen LogP contribution in [0.2, 0.25) is 0 Å². The third kappa shape index (κ3) is 4.65. The molecule has 0 bridgehead atoms. The first-order valence-electron chi connectivity index (χ1n) is 6.95. The molecule has 2 unspecified atom stereocenters. The van der Waals surface area contributed by atoms with Crippen LogP contribution in [-0.4, -0.2) is 17.1 Å². The Balaban J connectivity index is 2.82. The molecule has 0 aliphatic heterocycles. The second-order valence-electron chi connectivity index (χ2n) is 4.99. The van der Waals surface area contributed by atoms with Crippen LogP contribution in [-0.2, 0) is 6.42 Å². The number of nitrogens with two attached hydrogens (primary N) is 1. The molecule has 1 aromatic heterocycles. The summed E-state index contributed by atoms with van der Waals surface area (Å²) in [5.74, 6) is 0.894. The Hall–Kier alpha value is -1.09. The molecule has 0 radical (unpaired) electrons. The van der Waals surface area contributed by atoms with Crippen molar-refractivity contribution in [3.8, 4) is 5.75 Å². The van der Waals surface area contributed by atoms with E-state index in [1.54, 1.807) is 0 Å². The Kier molecular flexibility index (Phi) is 6.13. The summed E-state index contributed by atoms with van der Waals surface area (Å²) in [6.07, 6.45) is 4.17. The second kappa shape index (κ2) is 7.37. The number of aromatic nitrogens is 1. The summed E-state index contributed by atoms with van der Waals surface area (Å²) in [7, 11) is 0. The lowest BCUT2D eigenvalue weighted by Crippen LogP contribution is -2.23. The average molecular weight is 250 g/mol. The maximum Gasteiger partial charge on any atom is 0.141 e. The van der Waals surface area contributed by atoms with E-state index in [1.807, 2.05) is 19.1 Å². The zero-order chi connectivity index (χ0) is 13.5. The van der Waals surface area contributed by atoms with Crippen LogP contribution in [0.25, 0.3) is 0 Å². The smallest absolute Gasteiger partial charge is 0.141 e. The molecule has 0 aliphatic rings. The number of aryl methyl sites for hydroxylation is 1. The minimum atomic E-state index is 0.156. The Morgan fingerprint density at radius 3 is 2.67 bits per heavy atom. The number of pyridine rings is 1. The fourth-order valence-corrected chi connectivity index (χ4v) is 1.93. The quantitative estimate of drug-likeness (QED) is 0.808. The molecule has 1 rings (SSSR count). The molecule has 0 amide bonds. The maximum absolute atomic E-state index is 6.02. The van der Waals surface area contributed by atoms with Gasteiger partial charge in [0.25, 0.3) is 0 Å². The fourth-order valence-electron chi connectivity index (χ4n) is 1.93. The largest absolute Gasteiger partial charge is 0.489 e. The molecular formula is C15H26N2O. The normalized spacial score (nSPS) is 14.3. The third-order valence-electron chi connectivity index (χ3n) is 3.07. The molecule has 2 N–H and O–H groups in total. The fraction of sp³-hybridized carbons (Fsp3) is 0.667. The van der Waals surface area contributed by atoms with Gasteiger partial charge in [0.15, 0.2) is 0 Å². The molecule has 3 nitrogen and oxygen atoms in total. The molecule has 0 aromatic carbocycles. The van der Waals surface area contributed by atoms with Gasteiger partial charge >= 0.3 is 0 Å². The van der Waals surface area contributed by atoms with Crippen LogP contribution in [0.5, 0.6) is 5.75 Å². The molecule has 1 aromatic rings. The van der Waals surface area contributed by atoms with Gasteiger partial charge < -0.3 is 10.5 Å². The number of ether oxygens (including phenoxy) is 1. The lowest BCUT2D eigenvalue weighted by molar-refractivity contribution is 0.206. The zero-order valence-electron chi connectivity index (χ0n) is 12.1. The molecule has 18 heavy (non-hydrogen) atoms. The van der Waals surface area contributed by atoms with Crippen LogP contribution in [0.15, 0.2) is 12.1 Å². The summed E-state index contributed by atoms with van der Waals surface area (Å²) < 4.78 is 5.97. The van der Waals surface area contributed by atoms with Crippen molar-refractivity contribution in [2.75, 3.05) is 0 Å². The first-order valence-corrected chi connectivity index (χ1v) is 6.95. The molecule has 3 heteroatoms. The maximum atomic E-state index is 6.02. The van der Waals surface area contributed by atoms with Crippen LogP contribution >= 0.6 is 0 Å². The van der Waals surface area contributed by atoms with E-state index in [2.05, 4.69) is 25.8 Å². The van der Waals surface area contributed by atoms with Crippen molar-refractivity contribution in [3.63, 3.8) is 0 Å². The summed E-state index contributed by atoms with van der Waals surface area (Å²) in [5, 5.41) is 0. The van der Waals surface area contributed by atoms with E-state index < -0.39 is 0 Å². The Bertz CT molecular complexity index is 366. The number of hydrogen-bond donors (Lipinski definition) is 1. The molecular weight excluding hydrogens is 224 g/mol. The van der Waals surface area contributed by atoms with Gasteiger partial charge in [0.05, 0.1) is 11.8 Å². The van der Waals surface area contributed by atoms with E-state index in [-0.39, 0.29) is 12.1 Å². The van der Waals surface area contributed by atoms with Gasteiger partial charge in [-0.05, 0) is 38.8 Å². The van der Waals surface area contributed by atoms with Crippen molar-refractivity contribution < 1.29 is 4.74 Å². The first-order chi connectivity index (χ1) is 8.56. The van der Waals surface area contributed by atoms with E-state index in [4.69, 9.17) is 10.5 Å². The van der Waals surface area contributed by atoms with E-state index in [0.29, 0.717) is 0 Å². The van der Waals surface area contributed by atoms with Gasteiger partial charge in [-0.1, -0.05) is 20.3 Å². The predicted octanol–water partition coefficient (Wildman–Crippen LogP) is 3.24.